The highest BCUT2D eigenvalue weighted by atomic mass is 28.3. The van der Waals surface area contributed by atoms with E-state index in [1.807, 2.05) is 12.1 Å². The smallest absolute Gasteiger partial charge is 0.153 e. The first-order valence-electron chi connectivity index (χ1n) is 14.8. The number of hydrogen-bond acceptors (Lipinski definition) is 1. The first-order chi connectivity index (χ1) is 20.4. The summed E-state index contributed by atoms with van der Waals surface area (Å²) in [5.41, 5.74) is 5.82. The van der Waals surface area contributed by atoms with E-state index in [0.29, 0.717) is 0 Å². The van der Waals surface area contributed by atoms with Crippen LogP contribution < -0.4 is 15.6 Å². The molecule has 5 aromatic carbocycles. The fourth-order valence-corrected chi connectivity index (χ4v) is 12.0. The first kappa shape index (κ1) is 27.6. The second kappa shape index (κ2) is 11.8. The van der Waals surface area contributed by atoms with Gasteiger partial charge in [-0.25, -0.2) is 4.98 Å². The molecule has 0 saturated carbocycles. The largest absolute Gasteiger partial charge is 0.248 e. The fraction of sp³-hybridized carbons (Fsp3) is 0.125. The van der Waals surface area contributed by atoms with Crippen LogP contribution in [-0.2, 0) is 6.42 Å². The molecule has 206 valence electrons. The molecule has 1 aromatic heterocycles. The van der Waals surface area contributed by atoms with E-state index < -0.39 is 8.07 Å². The van der Waals surface area contributed by atoms with Gasteiger partial charge in [-0.2, -0.15) is 0 Å². The van der Waals surface area contributed by atoms with Crippen molar-refractivity contribution in [2.75, 3.05) is 0 Å². The summed E-state index contributed by atoms with van der Waals surface area (Å²) in [5.74, 6) is 0. The minimum absolute atomic E-state index is 0.0863. The minimum atomic E-state index is -2.31. The highest BCUT2D eigenvalue weighted by Gasteiger charge is 2.48. The fourth-order valence-electron chi connectivity index (χ4n) is 6.39. The highest BCUT2D eigenvalue weighted by Crippen LogP contribution is 2.35. The van der Waals surface area contributed by atoms with Crippen molar-refractivity contribution >= 4 is 46.7 Å². The van der Waals surface area contributed by atoms with Gasteiger partial charge in [0, 0.05) is 5.39 Å². The molecule has 0 unspecified atom stereocenters. The maximum Gasteiger partial charge on any atom is 0.153 e. The molecule has 2 heteroatoms. The van der Waals surface area contributed by atoms with Gasteiger partial charge in [-0.15, -0.1) is 0 Å². The molecular formula is C40H37NSi. The van der Waals surface area contributed by atoms with E-state index >= 15 is 0 Å². The predicted molar refractivity (Wildman–Crippen MR) is 184 cm³/mol. The lowest BCUT2D eigenvalue weighted by atomic mass is 10.0. The minimum Gasteiger partial charge on any atom is -0.248 e. The molecule has 0 radical (unpaired) electrons. The average molecular weight is 560 g/mol. The molecule has 1 nitrogen and oxygen atoms in total. The van der Waals surface area contributed by atoms with Crippen molar-refractivity contribution < 1.29 is 0 Å². The molecule has 0 spiro atoms. The summed E-state index contributed by atoms with van der Waals surface area (Å²) >= 11 is 0. The van der Waals surface area contributed by atoms with Crippen LogP contribution in [0.15, 0.2) is 146 Å². The topological polar surface area (TPSA) is 12.9 Å². The van der Waals surface area contributed by atoms with Crippen molar-refractivity contribution in [1.82, 2.24) is 4.98 Å². The van der Waals surface area contributed by atoms with Crippen LogP contribution in [0, 0.1) is 0 Å². The summed E-state index contributed by atoms with van der Waals surface area (Å²) in [5, 5.41) is 5.62. The zero-order valence-corrected chi connectivity index (χ0v) is 25.7. The second-order valence-corrected chi connectivity index (χ2v) is 16.8. The lowest BCUT2D eigenvalue weighted by Gasteiger charge is -2.44. The van der Waals surface area contributed by atoms with Gasteiger partial charge in [-0.05, 0) is 61.9 Å². The Balaban J connectivity index is 1.24. The summed E-state index contributed by atoms with van der Waals surface area (Å²) in [6, 6.07) is 53.2. The molecular weight excluding hydrogens is 523 g/mol. The van der Waals surface area contributed by atoms with E-state index in [1.54, 1.807) is 0 Å². The van der Waals surface area contributed by atoms with Crippen LogP contribution in [-0.4, -0.2) is 13.1 Å². The van der Waals surface area contributed by atoms with Crippen LogP contribution in [0.2, 0.25) is 5.04 Å². The van der Waals surface area contributed by atoms with Crippen LogP contribution >= 0.6 is 0 Å². The second-order valence-electron chi connectivity index (χ2n) is 12.1. The molecule has 0 aliphatic rings. The van der Waals surface area contributed by atoms with E-state index in [0.717, 1.165) is 17.6 Å². The first-order valence-corrected chi connectivity index (χ1v) is 16.8. The van der Waals surface area contributed by atoms with Gasteiger partial charge >= 0.3 is 0 Å². The Morgan fingerprint density at radius 1 is 0.524 bits per heavy atom. The van der Waals surface area contributed by atoms with Crippen molar-refractivity contribution in [3.8, 4) is 0 Å². The molecule has 0 fully saturated rings. The van der Waals surface area contributed by atoms with Crippen molar-refractivity contribution in [3.63, 3.8) is 0 Å². The summed E-state index contributed by atoms with van der Waals surface area (Å²) in [4.78, 5) is 4.76. The molecule has 0 bridgehead atoms. The van der Waals surface area contributed by atoms with E-state index in [9.17, 15) is 0 Å². The predicted octanol–water partition coefficient (Wildman–Crippen LogP) is 8.27. The normalized spacial score (nSPS) is 12.2. The molecule has 0 atom stereocenters. The Morgan fingerprint density at radius 2 is 1.05 bits per heavy atom. The number of rotatable bonds is 7. The molecule has 0 amide bonds. The van der Waals surface area contributed by atoms with E-state index in [4.69, 9.17) is 4.98 Å². The van der Waals surface area contributed by atoms with Crippen LogP contribution in [0.3, 0.4) is 0 Å². The summed E-state index contributed by atoms with van der Waals surface area (Å²) in [7, 11) is -2.31. The van der Waals surface area contributed by atoms with Crippen molar-refractivity contribution in [2.45, 2.75) is 32.2 Å². The summed E-state index contributed by atoms with van der Waals surface area (Å²) in [6.07, 6.45) is 5.14. The van der Waals surface area contributed by atoms with E-state index in [1.165, 1.54) is 37.6 Å². The van der Waals surface area contributed by atoms with Gasteiger partial charge < -0.3 is 0 Å². The number of para-hydroxylation sites is 1. The molecule has 0 saturated heterocycles. The average Bonchev–Trinajstić information content (AvgIpc) is 3.02. The Hall–Kier alpha value is -4.53. The maximum absolute atomic E-state index is 4.76. The number of fused-ring (bicyclic) bond motifs is 1. The number of pyridine rings is 1. The van der Waals surface area contributed by atoms with Gasteiger partial charge in [0.05, 0.1) is 11.2 Å². The number of nitrogens with zero attached hydrogens (tertiary/aromatic N) is 1. The Morgan fingerprint density at radius 3 is 1.64 bits per heavy atom. The van der Waals surface area contributed by atoms with Gasteiger partial charge in [0.2, 0.25) is 0 Å². The molecule has 42 heavy (non-hydrogen) atoms. The molecule has 6 rings (SSSR count). The maximum atomic E-state index is 4.76. The third-order valence-electron chi connectivity index (χ3n) is 8.38. The highest BCUT2D eigenvalue weighted by molar-refractivity contribution is 7.13. The molecule has 6 aromatic rings. The van der Waals surface area contributed by atoms with Crippen LogP contribution in [0.25, 0.3) is 23.1 Å². The Labute approximate surface area is 251 Å². The van der Waals surface area contributed by atoms with Crippen LogP contribution in [0.5, 0.6) is 0 Å². The SMILES string of the molecule is CC(C)(C)[Si](c1ccccc1)(c1ccccc1)c1ccc(Cc2ccc(C=Cc3ccc4ccccc4n3)cc2)cc1. The molecule has 0 N–H and O–H groups in total. The number of hydrogen-bond donors (Lipinski definition) is 0. The van der Waals surface area contributed by atoms with Crippen molar-refractivity contribution in [2.24, 2.45) is 0 Å². The monoisotopic (exact) mass is 559 g/mol. The van der Waals surface area contributed by atoms with Gasteiger partial charge in [0.1, 0.15) is 0 Å². The van der Waals surface area contributed by atoms with Gasteiger partial charge in [0.15, 0.2) is 8.07 Å². The van der Waals surface area contributed by atoms with Gasteiger partial charge in [-0.3, -0.25) is 0 Å². The van der Waals surface area contributed by atoms with E-state index in [-0.39, 0.29) is 5.04 Å². The lowest BCUT2D eigenvalue weighted by Crippen LogP contribution is -2.72. The number of benzene rings is 5. The van der Waals surface area contributed by atoms with Crippen LogP contribution in [0.4, 0.5) is 0 Å². The lowest BCUT2D eigenvalue weighted by molar-refractivity contribution is 0.739. The zero-order chi connectivity index (χ0) is 29.0. The van der Waals surface area contributed by atoms with Crippen molar-refractivity contribution in [3.05, 3.63) is 168 Å². The quantitative estimate of drug-likeness (QED) is 0.142. The Bertz CT molecular complexity index is 1760. The zero-order valence-electron chi connectivity index (χ0n) is 24.7. The standard InChI is InChI=1S/C40H37NSi/c1-40(2,3)42(36-13-6-4-7-14-36,37-15-8-5-9-16-37)38-28-23-33(24-29-38)30-32-20-18-31(19-21-32)22-26-35-27-25-34-12-10-11-17-39(34)41-35/h4-29H,30H2,1-3H3. The van der Waals surface area contributed by atoms with E-state index in [2.05, 4.69) is 166 Å². The third kappa shape index (κ3) is 5.51. The van der Waals surface area contributed by atoms with Gasteiger partial charge in [0.25, 0.3) is 0 Å². The molecule has 0 aliphatic heterocycles. The summed E-state index contributed by atoms with van der Waals surface area (Å²) in [6.45, 7) is 7.25. The molecule has 0 aliphatic carbocycles. The van der Waals surface area contributed by atoms with Gasteiger partial charge in [-0.1, -0.05) is 160 Å². The number of aromatic nitrogens is 1. The van der Waals surface area contributed by atoms with Crippen LogP contribution in [0.1, 0.15) is 43.2 Å². The van der Waals surface area contributed by atoms with Crippen molar-refractivity contribution in [1.29, 1.82) is 0 Å². The summed E-state index contributed by atoms with van der Waals surface area (Å²) < 4.78 is 0. The molecule has 1 heterocycles. The Kier molecular flexibility index (Phi) is 7.73. The third-order valence-corrected chi connectivity index (χ3v) is 14.2.